The van der Waals surface area contributed by atoms with Gasteiger partial charge in [-0.05, 0) is 32.6 Å². The van der Waals surface area contributed by atoms with Gasteiger partial charge < -0.3 is 10.2 Å². The fourth-order valence-electron chi connectivity index (χ4n) is 4.69. The predicted molar refractivity (Wildman–Crippen MR) is 109 cm³/mol. The average Bonchev–Trinajstić information content (AvgIpc) is 3.48. The van der Waals surface area contributed by atoms with Gasteiger partial charge in [-0.1, -0.05) is 12.8 Å². The van der Waals surface area contributed by atoms with E-state index in [1.165, 1.54) is 6.33 Å². The molecule has 152 valence electrons. The summed E-state index contributed by atoms with van der Waals surface area (Å²) < 4.78 is 1.80. The van der Waals surface area contributed by atoms with Gasteiger partial charge >= 0.3 is 0 Å². The highest BCUT2D eigenvalue weighted by Crippen LogP contribution is 2.33. The first-order valence-corrected chi connectivity index (χ1v) is 10.5. The Morgan fingerprint density at radius 3 is 2.97 bits per heavy atom. The molecule has 2 N–H and O–H groups in total. The fraction of sp³-hybridized carbons (Fsp3) is 0.550. The van der Waals surface area contributed by atoms with Gasteiger partial charge in [-0.2, -0.15) is 19.7 Å². The zero-order chi connectivity index (χ0) is 19.8. The minimum absolute atomic E-state index is 0.131. The third-order valence-electron chi connectivity index (χ3n) is 6.17. The Hall–Kier alpha value is -2.97. The first-order chi connectivity index (χ1) is 14.2. The van der Waals surface area contributed by atoms with Crippen molar-refractivity contribution < 1.29 is 4.79 Å². The summed E-state index contributed by atoms with van der Waals surface area (Å²) in [4.78, 5) is 23.6. The van der Waals surface area contributed by atoms with Crippen LogP contribution in [0.2, 0.25) is 0 Å². The SMILES string of the molecule is Cc1cc(N2CCC[C@@H](c3[nH]ncc3NC(=O)C3CCCC3)C2)n2ncnc2n1. The van der Waals surface area contributed by atoms with Crippen LogP contribution in [0.1, 0.15) is 55.8 Å². The van der Waals surface area contributed by atoms with Gasteiger partial charge in [-0.15, -0.1) is 0 Å². The molecule has 3 aromatic heterocycles. The molecule has 1 aliphatic heterocycles. The number of piperidine rings is 1. The monoisotopic (exact) mass is 394 g/mol. The third-order valence-corrected chi connectivity index (χ3v) is 6.17. The average molecular weight is 394 g/mol. The third kappa shape index (κ3) is 3.45. The molecule has 5 rings (SSSR count). The summed E-state index contributed by atoms with van der Waals surface area (Å²) in [6, 6.07) is 2.06. The molecule has 1 saturated heterocycles. The van der Waals surface area contributed by atoms with E-state index in [4.69, 9.17) is 0 Å². The van der Waals surface area contributed by atoms with Gasteiger partial charge in [0.25, 0.3) is 5.78 Å². The fourth-order valence-corrected chi connectivity index (χ4v) is 4.69. The van der Waals surface area contributed by atoms with E-state index in [-0.39, 0.29) is 17.7 Å². The summed E-state index contributed by atoms with van der Waals surface area (Å²) >= 11 is 0. The lowest BCUT2D eigenvalue weighted by Gasteiger charge is -2.34. The van der Waals surface area contributed by atoms with Crippen LogP contribution in [0.5, 0.6) is 0 Å². The molecule has 29 heavy (non-hydrogen) atoms. The minimum atomic E-state index is 0.131. The summed E-state index contributed by atoms with van der Waals surface area (Å²) in [6.07, 6.45) is 9.67. The highest BCUT2D eigenvalue weighted by atomic mass is 16.1. The zero-order valence-electron chi connectivity index (χ0n) is 16.6. The number of rotatable bonds is 4. The topological polar surface area (TPSA) is 104 Å². The number of anilines is 2. The van der Waals surface area contributed by atoms with Gasteiger partial charge in [0.1, 0.15) is 12.1 Å². The van der Waals surface area contributed by atoms with E-state index in [0.29, 0.717) is 5.78 Å². The molecule has 9 heteroatoms. The van der Waals surface area contributed by atoms with Gasteiger partial charge in [-0.25, -0.2) is 4.98 Å². The van der Waals surface area contributed by atoms with Crippen molar-refractivity contribution in [3.8, 4) is 0 Å². The molecule has 0 aromatic carbocycles. The second-order valence-electron chi connectivity index (χ2n) is 8.18. The van der Waals surface area contributed by atoms with E-state index >= 15 is 0 Å². The van der Waals surface area contributed by atoms with Crippen molar-refractivity contribution in [2.24, 2.45) is 5.92 Å². The van der Waals surface area contributed by atoms with Gasteiger partial charge in [0.05, 0.1) is 17.6 Å². The largest absolute Gasteiger partial charge is 0.356 e. The second-order valence-corrected chi connectivity index (χ2v) is 8.18. The van der Waals surface area contributed by atoms with E-state index in [1.54, 1.807) is 10.7 Å². The van der Waals surface area contributed by atoms with Crippen LogP contribution in [-0.2, 0) is 4.79 Å². The summed E-state index contributed by atoms with van der Waals surface area (Å²) in [6.45, 7) is 3.75. The molecule has 1 atom stereocenters. The summed E-state index contributed by atoms with van der Waals surface area (Å²) in [5.41, 5.74) is 2.76. The zero-order valence-corrected chi connectivity index (χ0v) is 16.6. The molecule has 0 spiro atoms. The highest BCUT2D eigenvalue weighted by Gasteiger charge is 2.29. The van der Waals surface area contributed by atoms with Gasteiger partial charge in [0.2, 0.25) is 5.91 Å². The number of aromatic nitrogens is 6. The molecule has 1 amide bonds. The number of hydrogen-bond donors (Lipinski definition) is 2. The van der Waals surface area contributed by atoms with E-state index < -0.39 is 0 Å². The standard InChI is InChI=1S/C20H26N8O/c1-13-9-17(28-20(24-13)21-12-23-28)27-8-4-7-15(11-27)18-16(10-22-26-18)25-19(29)14-5-2-3-6-14/h9-10,12,14-15H,2-8,11H2,1H3,(H,22,26)(H,25,29)/t15-/m1/s1. The molecule has 1 saturated carbocycles. The molecule has 2 aliphatic rings. The number of H-pyrrole nitrogens is 1. The van der Waals surface area contributed by atoms with Crippen molar-refractivity contribution in [2.75, 3.05) is 23.3 Å². The van der Waals surface area contributed by atoms with Crippen LogP contribution < -0.4 is 10.2 Å². The molecule has 9 nitrogen and oxygen atoms in total. The number of amides is 1. The number of hydrogen-bond acceptors (Lipinski definition) is 6. The van der Waals surface area contributed by atoms with E-state index in [9.17, 15) is 4.79 Å². The van der Waals surface area contributed by atoms with E-state index in [1.807, 2.05) is 6.92 Å². The summed E-state index contributed by atoms with van der Waals surface area (Å²) in [5.74, 6) is 2.16. The number of carbonyl (C=O) groups excluding carboxylic acids is 1. The minimum Gasteiger partial charge on any atom is -0.356 e. The number of nitrogens with one attached hydrogen (secondary N) is 2. The lowest BCUT2D eigenvalue weighted by atomic mass is 9.94. The maximum Gasteiger partial charge on any atom is 0.254 e. The van der Waals surface area contributed by atoms with Gasteiger partial charge in [-0.3, -0.25) is 9.89 Å². The number of nitrogens with zero attached hydrogens (tertiary/aromatic N) is 6. The summed E-state index contributed by atoms with van der Waals surface area (Å²) in [5, 5.41) is 14.9. The van der Waals surface area contributed by atoms with Crippen LogP contribution in [0.25, 0.3) is 5.78 Å². The molecule has 0 bridgehead atoms. The van der Waals surface area contributed by atoms with E-state index in [0.717, 1.165) is 74.5 Å². The Bertz CT molecular complexity index is 1020. The highest BCUT2D eigenvalue weighted by molar-refractivity contribution is 5.93. The van der Waals surface area contributed by atoms with Crippen molar-refractivity contribution in [1.82, 2.24) is 29.8 Å². The lowest BCUT2D eigenvalue weighted by molar-refractivity contribution is -0.119. The molecule has 3 aromatic rings. The molecule has 0 unspecified atom stereocenters. The number of aromatic amines is 1. The van der Waals surface area contributed by atoms with Crippen molar-refractivity contribution in [3.63, 3.8) is 0 Å². The first kappa shape index (κ1) is 18.1. The van der Waals surface area contributed by atoms with Crippen molar-refractivity contribution in [3.05, 3.63) is 30.0 Å². The second kappa shape index (κ2) is 7.46. The molecule has 1 aliphatic carbocycles. The quantitative estimate of drug-likeness (QED) is 0.705. The van der Waals surface area contributed by atoms with Crippen LogP contribution in [0.3, 0.4) is 0 Å². The Morgan fingerprint density at radius 1 is 1.24 bits per heavy atom. The summed E-state index contributed by atoms with van der Waals surface area (Å²) in [7, 11) is 0. The Kier molecular flexibility index (Phi) is 4.65. The van der Waals surface area contributed by atoms with Crippen LogP contribution in [0, 0.1) is 12.8 Å². The predicted octanol–water partition coefficient (Wildman–Crippen LogP) is 2.67. The lowest BCUT2D eigenvalue weighted by Crippen LogP contribution is -2.36. The molecule has 0 radical (unpaired) electrons. The molecular weight excluding hydrogens is 368 g/mol. The first-order valence-electron chi connectivity index (χ1n) is 10.5. The van der Waals surface area contributed by atoms with Crippen LogP contribution in [0.15, 0.2) is 18.6 Å². The van der Waals surface area contributed by atoms with Gasteiger partial charge in [0.15, 0.2) is 0 Å². The maximum absolute atomic E-state index is 12.6. The maximum atomic E-state index is 12.6. The smallest absolute Gasteiger partial charge is 0.254 e. The normalized spacial score (nSPS) is 20.4. The van der Waals surface area contributed by atoms with Crippen LogP contribution >= 0.6 is 0 Å². The molecule has 2 fully saturated rings. The molecular formula is C20H26N8O. The number of carbonyl (C=O) groups is 1. The Labute approximate surface area is 168 Å². The van der Waals surface area contributed by atoms with Crippen LogP contribution in [-0.4, -0.2) is 48.8 Å². The molecule has 4 heterocycles. The van der Waals surface area contributed by atoms with Crippen molar-refractivity contribution in [2.45, 2.75) is 51.4 Å². The van der Waals surface area contributed by atoms with E-state index in [2.05, 4.69) is 41.5 Å². The number of fused-ring (bicyclic) bond motifs is 1. The number of aryl methyl sites for hydroxylation is 1. The van der Waals surface area contributed by atoms with Gasteiger partial charge in [0, 0.05) is 36.7 Å². The van der Waals surface area contributed by atoms with Crippen LogP contribution in [0.4, 0.5) is 11.5 Å². The Morgan fingerprint density at radius 2 is 2.10 bits per heavy atom. The Balaban J connectivity index is 1.37. The van der Waals surface area contributed by atoms with Crippen molar-refractivity contribution >= 4 is 23.2 Å². The van der Waals surface area contributed by atoms with Crippen molar-refractivity contribution in [1.29, 1.82) is 0 Å².